The van der Waals surface area contributed by atoms with E-state index in [0.717, 1.165) is 15.9 Å². The lowest BCUT2D eigenvalue weighted by molar-refractivity contribution is -0.416. The van der Waals surface area contributed by atoms with E-state index in [1.54, 1.807) is 25.3 Å². The van der Waals surface area contributed by atoms with Crippen LogP contribution in [-0.2, 0) is 6.61 Å². The van der Waals surface area contributed by atoms with Gasteiger partial charge in [0.25, 0.3) is 0 Å². The van der Waals surface area contributed by atoms with Crippen molar-refractivity contribution < 1.29 is 14.2 Å². The number of hydrogen-bond donors (Lipinski definition) is 0. The zero-order chi connectivity index (χ0) is 15.2. The predicted octanol–water partition coefficient (Wildman–Crippen LogP) is 3.49. The molecule has 0 spiro atoms. The summed E-state index contributed by atoms with van der Waals surface area (Å²) < 4.78 is 11.8. The molecule has 0 aliphatic carbocycles. The van der Waals surface area contributed by atoms with Crippen LogP contribution < -0.4 is 9.47 Å². The van der Waals surface area contributed by atoms with Gasteiger partial charge in [0, 0.05) is 10.6 Å². The largest absolute Gasteiger partial charge is 0.624 e. The van der Waals surface area contributed by atoms with Crippen LogP contribution in [0.2, 0.25) is 5.02 Å². The normalized spacial score (nSPS) is 11.3. The lowest BCUT2D eigenvalue weighted by atomic mass is 10.2. The van der Waals surface area contributed by atoms with E-state index in [0.29, 0.717) is 23.1 Å². The summed E-state index contributed by atoms with van der Waals surface area (Å²) in [5.41, 5.74) is 1.76. The molecule has 2 aromatic rings. The van der Waals surface area contributed by atoms with Crippen molar-refractivity contribution in [2.24, 2.45) is 0 Å². The van der Waals surface area contributed by atoms with Gasteiger partial charge in [-0.15, -0.1) is 0 Å². The molecule has 0 unspecified atom stereocenters. The van der Waals surface area contributed by atoms with Gasteiger partial charge in [0.2, 0.25) is 0 Å². The second-order valence-electron chi connectivity index (χ2n) is 4.50. The Bertz CT molecular complexity index is 634. The van der Waals surface area contributed by atoms with E-state index in [4.69, 9.17) is 21.1 Å². The highest BCUT2D eigenvalue weighted by Gasteiger charge is 2.06. The van der Waals surface area contributed by atoms with Crippen molar-refractivity contribution in [1.82, 2.24) is 0 Å². The van der Waals surface area contributed by atoms with E-state index in [2.05, 4.69) is 0 Å². The molecule has 0 saturated carbocycles. The molecular weight excluding hydrogens is 290 g/mol. The number of benzene rings is 2. The summed E-state index contributed by atoms with van der Waals surface area (Å²) in [7, 11) is 2.99. The van der Waals surface area contributed by atoms with Crippen LogP contribution in [0.4, 0.5) is 0 Å². The fourth-order valence-electron chi connectivity index (χ4n) is 1.84. The van der Waals surface area contributed by atoms with Crippen molar-refractivity contribution in [3.05, 3.63) is 63.8 Å². The lowest BCUT2D eigenvalue weighted by Crippen LogP contribution is -2.00. The molecule has 0 aromatic heterocycles. The molecule has 0 amide bonds. The van der Waals surface area contributed by atoms with E-state index in [1.807, 2.05) is 24.3 Å². The van der Waals surface area contributed by atoms with Gasteiger partial charge in [0.1, 0.15) is 13.7 Å². The molecule has 4 nitrogen and oxygen atoms in total. The van der Waals surface area contributed by atoms with Gasteiger partial charge >= 0.3 is 0 Å². The van der Waals surface area contributed by atoms with Gasteiger partial charge in [0.15, 0.2) is 17.7 Å². The van der Waals surface area contributed by atoms with Crippen molar-refractivity contribution in [3.8, 4) is 11.5 Å². The van der Waals surface area contributed by atoms with E-state index in [9.17, 15) is 5.21 Å². The lowest BCUT2D eigenvalue weighted by Gasteiger charge is -2.11. The highest BCUT2D eigenvalue weighted by atomic mass is 35.5. The third-order valence-corrected chi connectivity index (χ3v) is 3.08. The van der Waals surface area contributed by atoms with Gasteiger partial charge in [-0.25, -0.2) is 4.74 Å². The van der Waals surface area contributed by atoms with Crippen LogP contribution in [-0.4, -0.2) is 25.1 Å². The Balaban J connectivity index is 2.12. The Morgan fingerprint density at radius 2 is 1.86 bits per heavy atom. The summed E-state index contributed by atoms with van der Waals surface area (Å²) in [6.45, 7) is 0.415. The molecule has 0 aliphatic heterocycles. The Labute approximate surface area is 128 Å². The molecule has 110 valence electrons. The van der Waals surface area contributed by atoms with Gasteiger partial charge < -0.3 is 14.7 Å². The third kappa shape index (κ3) is 4.39. The van der Waals surface area contributed by atoms with Crippen molar-refractivity contribution in [2.75, 3.05) is 14.2 Å². The molecular formula is C16H16ClNO3. The average Bonchev–Trinajstić information content (AvgIpc) is 2.47. The number of rotatable bonds is 5. The first-order chi connectivity index (χ1) is 10.1. The minimum Gasteiger partial charge on any atom is -0.624 e. The Kier molecular flexibility index (Phi) is 5.06. The van der Waals surface area contributed by atoms with Gasteiger partial charge in [0.05, 0.1) is 7.11 Å². The summed E-state index contributed by atoms with van der Waals surface area (Å²) in [4.78, 5) is 0. The van der Waals surface area contributed by atoms with Crippen LogP contribution in [0.5, 0.6) is 11.5 Å². The van der Waals surface area contributed by atoms with Crippen molar-refractivity contribution in [1.29, 1.82) is 0 Å². The van der Waals surface area contributed by atoms with E-state index >= 15 is 0 Å². The monoisotopic (exact) mass is 305 g/mol. The maximum Gasteiger partial charge on any atom is 0.181 e. The van der Waals surface area contributed by atoms with Crippen LogP contribution in [0.15, 0.2) is 42.5 Å². The van der Waals surface area contributed by atoms with E-state index < -0.39 is 0 Å². The first kappa shape index (κ1) is 15.2. The standard InChI is InChI=1S/C16H16ClNO3/c1-18(19)10-13-5-8-15(16(9-13)20-2)21-11-12-3-6-14(17)7-4-12/h3-10H,11H2,1-2H3. The Morgan fingerprint density at radius 3 is 2.48 bits per heavy atom. The van der Waals surface area contributed by atoms with Crippen molar-refractivity contribution >= 4 is 17.8 Å². The number of hydroxylamine groups is 1. The molecule has 0 radical (unpaired) electrons. The van der Waals surface area contributed by atoms with Crippen LogP contribution in [0.3, 0.4) is 0 Å². The maximum atomic E-state index is 11.0. The van der Waals surface area contributed by atoms with Crippen LogP contribution in [0.1, 0.15) is 11.1 Å². The average molecular weight is 306 g/mol. The molecule has 21 heavy (non-hydrogen) atoms. The summed E-state index contributed by atoms with van der Waals surface area (Å²) in [6.07, 6.45) is 1.46. The smallest absolute Gasteiger partial charge is 0.181 e. The fraction of sp³-hybridized carbons (Fsp3) is 0.188. The molecule has 2 rings (SSSR count). The summed E-state index contributed by atoms with van der Waals surface area (Å²) in [5.74, 6) is 1.21. The first-order valence-electron chi connectivity index (χ1n) is 6.38. The molecule has 2 aromatic carbocycles. The minimum atomic E-state index is 0.415. The van der Waals surface area contributed by atoms with Crippen molar-refractivity contribution in [2.45, 2.75) is 6.61 Å². The van der Waals surface area contributed by atoms with Crippen molar-refractivity contribution in [3.63, 3.8) is 0 Å². The Morgan fingerprint density at radius 1 is 1.14 bits per heavy atom. The van der Waals surface area contributed by atoms with E-state index in [1.165, 1.54) is 13.3 Å². The van der Waals surface area contributed by atoms with Crippen LogP contribution in [0, 0.1) is 5.21 Å². The van der Waals surface area contributed by atoms with Gasteiger partial charge in [-0.05, 0) is 35.9 Å². The number of hydrogen-bond acceptors (Lipinski definition) is 3. The number of halogens is 1. The summed E-state index contributed by atoms with van der Waals surface area (Å²) in [5, 5.41) is 11.7. The Hall–Kier alpha value is -2.20. The molecule has 0 N–H and O–H groups in total. The summed E-state index contributed by atoms with van der Waals surface area (Å²) >= 11 is 5.84. The second-order valence-corrected chi connectivity index (χ2v) is 4.94. The molecule has 0 bridgehead atoms. The van der Waals surface area contributed by atoms with Gasteiger partial charge in [-0.2, -0.15) is 0 Å². The van der Waals surface area contributed by atoms with Crippen LogP contribution in [0.25, 0.3) is 0 Å². The number of methoxy groups -OCH3 is 1. The molecule has 0 saturated heterocycles. The maximum absolute atomic E-state index is 11.0. The zero-order valence-corrected chi connectivity index (χ0v) is 12.6. The highest BCUT2D eigenvalue weighted by molar-refractivity contribution is 6.30. The van der Waals surface area contributed by atoms with E-state index in [-0.39, 0.29) is 0 Å². The molecule has 0 fully saturated rings. The zero-order valence-electron chi connectivity index (χ0n) is 11.9. The van der Waals surface area contributed by atoms with Gasteiger partial charge in [-0.3, -0.25) is 0 Å². The number of nitrogens with zero attached hydrogens (tertiary/aromatic N) is 1. The summed E-state index contributed by atoms with van der Waals surface area (Å²) in [6, 6.07) is 12.8. The molecule has 0 atom stereocenters. The first-order valence-corrected chi connectivity index (χ1v) is 6.76. The fourth-order valence-corrected chi connectivity index (χ4v) is 1.96. The second kappa shape index (κ2) is 6.99. The minimum absolute atomic E-state index is 0.415. The highest BCUT2D eigenvalue weighted by Crippen LogP contribution is 2.28. The van der Waals surface area contributed by atoms with Gasteiger partial charge in [-0.1, -0.05) is 23.7 Å². The predicted molar refractivity (Wildman–Crippen MR) is 83.5 cm³/mol. The molecule has 0 aliphatic rings. The quantitative estimate of drug-likeness (QED) is 0.368. The SMILES string of the molecule is COc1cc(C=[N+](C)[O-])ccc1OCc1ccc(Cl)cc1. The third-order valence-electron chi connectivity index (χ3n) is 2.83. The molecule has 5 heteroatoms. The number of ether oxygens (including phenoxy) is 2. The van der Waals surface area contributed by atoms with Crippen LogP contribution >= 0.6 is 11.6 Å². The molecule has 0 heterocycles. The topological polar surface area (TPSA) is 44.5 Å².